The van der Waals surface area contributed by atoms with Crippen LogP contribution in [-0.2, 0) is 5.41 Å². The van der Waals surface area contributed by atoms with Gasteiger partial charge < -0.3 is 0 Å². The van der Waals surface area contributed by atoms with Gasteiger partial charge in [-0.1, -0.05) is 69.3 Å². The molecule has 0 saturated heterocycles. The highest BCUT2D eigenvalue weighted by atomic mass is 16.2. The molecule has 2 amide bonds. The first-order valence-corrected chi connectivity index (χ1v) is 8.55. The smallest absolute Gasteiger partial charge is 0.262 e. The summed E-state index contributed by atoms with van der Waals surface area (Å²) in [5.41, 5.74) is 3.43. The Morgan fingerprint density at radius 2 is 1.40 bits per heavy atom. The molecule has 0 aromatic heterocycles. The summed E-state index contributed by atoms with van der Waals surface area (Å²) in [6.07, 6.45) is 3.86. The van der Waals surface area contributed by atoms with Crippen molar-refractivity contribution in [1.82, 2.24) is 4.90 Å². The molecule has 0 saturated carbocycles. The predicted molar refractivity (Wildman–Crippen MR) is 101 cm³/mol. The van der Waals surface area contributed by atoms with E-state index in [1.165, 1.54) is 10.5 Å². The van der Waals surface area contributed by atoms with Crippen LogP contribution in [-0.4, -0.2) is 22.8 Å². The van der Waals surface area contributed by atoms with Crippen LogP contribution in [0.1, 0.15) is 59.5 Å². The molecule has 0 fully saturated rings. The first-order chi connectivity index (χ1) is 11.8. The molecule has 0 spiro atoms. The predicted octanol–water partition coefficient (Wildman–Crippen LogP) is 4.68. The summed E-state index contributed by atoms with van der Waals surface area (Å²) in [5.74, 6) is -0.443. The average Bonchev–Trinajstić information content (AvgIpc) is 2.84. The van der Waals surface area contributed by atoms with Crippen LogP contribution in [0.15, 0.2) is 54.6 Å². The number of hydrogen-bond acceptors (Lipinski definition) is 2. The second-order valence-electron chi connectivity index (χ2n) is 7.50. The monoisotopic (exact) mass is 333 g/mol. The van der Waals surface area contributed by atoms with Gasteiger partial charge in [-0.25, -0.2) is 0 Å². The van der Waals surface area contributed by atoms with E-state index in [4.69, 9.17) is 0 Å². The van der Waals surface area contributed by atoms with Gasteiger partial charge in [0.2, 0.25) is 0 Å². The Balaban J connectivity index is 1.77. The van der Waals surface area contributed by atoms with Gasteiger partial charge in [0, 0.05) is 0 Å². The maximum Gasteiger partial charge on any atom is 0.262 e. The molecule has 0 aliphatic carbocycles. The minimum Gasteiger partial charge on any atom is -0.269 e. The molecule has 2 aromatic rings. The molecule has 25 heavy (non-hydrogen) atoms. The van der Waals surface area contributed by atoms with Gasteiger partial charge in [0.25, 0.3) is 11.8 Å². The minimum atomic E-state index is -0.297. The van der Waals surface area contributed by atoms with Crippen LogP contribution in [0.25, 0.3) is 6.08 Å². The Morgan fingerprint density at radius 1 is 0.880 bits per heavy atom. The zero-order valence-electron chi connectivity index (χ0n) is 15.1. The first-order valence-electron chi connectivity index (χ1n) is 8.55. The lowest BCUT2D eigenvalue weighted by molar-refractivity contribution is 0.0626. The molecule has 3 nitrogen and oxygen atoms in total. The van der Waals surface area contributed by atoms with Gasteiger partial charge in [0.15, 0.2) is 0 Å². The average molecular weight is 333 g/mol. The van der Waals surface area contributed by atoms with Crippen LogP contribution in [0.2, 0.25) is 0 Å². The van der Waals surface area contributed by atoms with Crippen LogP contribution in [0, 0.1) is 0 Å². The van der Waals surface area contributed by atoms with Crippen LogP contribution < -0.4 is 0 Å². The zero-order valence-corrected chi connectivity index (χ0v) is 15.1. The molecule has 0 bridgehead atoms. The summed E-state index contributed by atoms with van der Waals surface area (Å²) in [6.45, 7) is 8.41. The summed E-state index contributed by atoms with van der Waals surface area (Å²) in [6, 6.07) is 15.0. The summed E-state index contributed by atoms with van der Waals surface area (Å²) in [5, 5.41) is 0. The third-order valence-electron chi connectivity index (χ3n) is 4.58. The molecule has 1 aliphatic heterocycles. The zero-order chi connectivity index (χ0) is 18.2. The van der Waals surface area contributed by atoms with Crippen LogP contribution in [0.4, 0.5) is 0 Å². The molecule has 1 atom stereocenters. The fraction of sp³-hybridized carbons (Fsp3) is 0.273. The molecule has 1 heterocycles. The normalized spacial score (nSPS) is 15.8. The van der Waals surface area contributed by atoms with E-state index in [-0.39, 0.29) is 23.3 Å². The van der Waals surface area contributed by atoms with E-state index in [2.05, 4.69) is 45.0 Å². The second kappa shape index (κ2) is 6.32. The van der Waals surface area contributed by atoms with Crippen molar-refractivity contribution >= 4 is 17.9 Å². The lowest BCUT2D eigenvalue weighted by Crippen LogP contribution is -2.36. The van der Waals surface area contributed by atoms with Crippen molar-refractivity contribution in [3.8, 4) is 0 Å². The topological polar surface area (TPSA) is 37.4 Å². The van der Waals surface area contributed by atoms with Crippen molar-refractivity contribution in [2.75, 3.05) is 0 Å². The maximum absolute atomic E-state index is 12.5. The quantitative estimate of drug-likeness (QED) is 0.765. The number of fused-ring (bicyclic) bond motifs is 1. The molecule has 128 valence electrons. The number of carbonyl (C=O) groups is 2. The fourth-order valence-electron chi connectivity index (χ4n) is 3.01. The number of carbonyl (C=O) groups excluding carboxylic acids is 2. The van der Waals surface area contributed by atoms with E-state index in [1.807, 2.05) is 19.1 Å². The van der Waals surface area contributed by atoms with E-state index >= 15 is 0 Å². The standard InChI is InChI=1S/C22H23NO2/c1-15(9-10-16-11-13-17(14-12-16)22(2,3)4)23-20(24)18-7-5-6-8-19(18)21(23)25/h5-15H,1-4H3/b10-9+. The second-order valence-corrected chi connectivity index (χ2v) is 7.50. The number of rotatable bonds is 3. The van der Waals surface area contributed by atoms with Crippen molar-refractivity contribution < 1.29 is 9.59 Å². The van der Waals surface area contributed by atoms with Gasteiger partial charge in [-0.15, -0.1) is 0 Å². The van der Waals surface area contributed by atoms with Gasteiger partial charge in [-0.2, -0.15) is 0 Å². The molecule has 3 rings (SSSR count). The molecule has 3 heteroatoms. The van der Waals surface area contributed by atoms with E-state index < -0.39 is 0 Å². The highest BCUT2D eigenvalue weighted by Gasteiger charge is 2.37. The molecule has 0 N–H and O–H groups in total. The molecule has 1 aliphatic rings. The van der Waals surface area contributed by atoms with E-state index in [0.29, 0.717) is 11.1 Å². The molecule has 0 radical (unpaired) electrons. The number of amides is 2. The molecular weight excluding hydrogens is 310 g/mol. The van der Waals surface area contributed by atoms with Crippen molar-refractivity contribution in [3.05, 3.63) is 76.9 Å². The van der Waals surface area contributed by atoms with E-state index in [1.54, 1.807) is 24.3 Å². The van der Waals surface area contributed by atoms with E-state index in [0.717, 1.165) is 5.56 Å². The van der Waals surface area contributed by atoms with Crippen LogP contribution in [0.5, 0.6) is 0 Å². The first kappa shape index (κ1) is 17.2. The Labute approximate surface area is 149 Å². The highest BCUT2D eigenvalue weighted by Crippen LogP contribution is 2.25. The number of nitrogens with zero attached hydrogens (tertiary/aromatic N) is 1. The third-order valence-corrected chi connectivity index (χ3v) is 4.58. The Bertz CT molecular complexity index is 806. The van der Waals surface area contributed by atoms with Gasteiger partial charge in [0.05, 0.1) is 17.2 Å². The molecule has 1 unspecified atom stereocenters. The van der Waals surface area contributed by atoms with Gasteiger partial charge in [-0.3, -0.25) is 14.5 Å². The summed E-state index contributed by atoms with van der Waals surface area (Å²) in [7, 11) is 0. The maximum atomic E-state index is 12.5. The Morgan fingerprint density at radius 3 is 1.88 bits per heavy atom. The van der Waals surface area contributed by atoms with E-state index in [9.17, 15) is 9.59 Å². The van der Waals surface area contributed by atoms with Crippen LogP contribution >= 0.6 is 0 Å². The van der Waals surface area contributed by atoms with Gasteiger partial charge in [-0.05, 0) is 35.6 Å². The largest absolute Gasteiger partial charge is 0.269 e. The lowest BCUT2D eigenvalue weighted by atomic mass is 9.87. The number of hydrogen-bond donors (Lipinski definition) is 0. The van der Waals surface area contributed by atoms with Gasteiger partial charge in [0.1, 0.15) is 0 Å². The number of benzene rings is 2. The van der Waals surface area contributed by atoms with Gasteiger partial charge >= 0.3 is 0 Å². The fourth-order valence-corrected chi connectivity index (χ4v) is 3.01. The lowest BCUT2D eigenvalue weighted by Gasteiger charge is -2.20. The molecule has 2 aromatic carbocycles. The third kappa shape index (κ3) is 3.27. The van der Waals surface area contributed by atoms with Crippen molar-refractivity contribution in [2.24, 2.45) is 0 Å². The Kier molecular flexibility index (Phi) is 4.34. The Hall–Kier alpha value is -2.68. The summed E-state index contributed by atoms with van der Waals surface area (Å²) >= 11 is 0. The SMILES string of the molecule is CC(/C=C/c1ccc(C(C)(C)C)cc1)N1C(=O)c2ccccc2C1=O. The summed E-state index contributed by atoms with van der Waals surface area (Å²) in [4.78, 5) is 26.3. The summed E-state index contributed by atoms with van der Waals surface area (Å²) < 4.78 is 0. The van der Waals surface area contributed by atoms with Crippen molar-refractivity contribution in [1.29, 1.82) is 0 Å². The molecular formula is C22H23NO2. The highest BCUT2D eigenvalue weighted by molar-refractivity contribution is 6.21. The minimum absolute atomic E-state index is 0.121. The van der Waals surface area contributed by atoms with Crippen molar-refractivity contribution in [3.63, 3.8) is 0 Å². The number of imide groups is 1. The van der Waals surface area contributed by atoms with Crippen molar-refractivity contribution in [2.45, 2.75) is 39.2 Å². The van der Waals surface area contributed by atoms with Crippen LogP contribution in [0.3, 0.4) is 0 Å².